The van der Waals surface area contributed by atoms with E-state index in [1.807, 2.05) is 56.3 Å². The van der Waals surface area contributed by atoms with E-state index in [-0.39, 0.29) is 12.5 Å². The Hall–Kier alpha value is -3.26. The molecule has 4 rings (SSSR count). The molecule has 0 unspecified atom stereocenters. The molecule has 1 saturated heterocycles. The molecule has 0 radical (unpaired) electrons. The van der Waals surface area contributed by atoms with Crippen LogP contribution in [0.25, 0.3) is 10.2 Å². The molecule has 1 aliphatic rings. The lowest BCUT2D eigenvalue weighted by molar-refractivity contribution is -0.134. The van der Waals surface area contributed by atoms with Crippen LogP contribution >= 0.6 is 11.3 Å². The Morgan fingerprint density at radius 2 is 1.81 bits per heavy atom. The minimum Gasteiger partial charge on any atom is -0.325 e. The summed E-state index contributed by atoms with van der Waals surface area (Å²) in [7, 11) is 0. The largest absolute Gasteiger partial charge is 0.325 e. The van der Waals surface area contributed by atoms with Gasteiger partial charge in [-0.1, -0.05) is 38.1 Å². The number of fused-ring (bicyclic) bond motifs is 1. The fraction of sp³-hybridized carbons (Fsp3) is 0.304. The van der Waals surface area contributed by atoms with Gasteiger partial charge >= 0.3 is 6.03 Å². The molecule has 2 heterocycles. The zero-order valence-electron chi connectivity index (χ0n) is 17.5. The third kappa shape index (κ3) is 4.16. The zero-order chi connectivity index (χ0) is 22.0. The van der Waals surface area contributed by atoms with E-state index in [2.05, 4.69) is 21.7 Å². The number of benzene rings is 2. The number of imide groups is 1. The number of amides is 4. The fourth-order valence-corrected chi connectivity index (χ4v) is 4.77. The summed E-state index contributed by atoms with van der Waals surface area (Å²) in [5.74, 6) is -0.755. The molecule has 1 aromatic heterocycles. The first-order valence-corrected chi connectivity index (χ1v) is 11.1. The SMILES string of the molecule is CCC1(CC)NC(=O)N(CC(=O)Nc2ccc(Cc3nc4ccccc4s3)cc2)C1=O. The Morgan fingerprint density at radius 1 is 1.10 bits per heavy atom. The van der Waals surface area contributed by atoms with E-state index < -0.39 is 17.5 Å². The Balaban J connectivity index is 1.37. The molecule has 7 nitrogen and oxygen atoms in total. The van der Waals surface area contributed by atoms with Crippen LogP contribution < -0.4 is 10.6 Å². The molecule has 1 aliphatic heterocycles. The highest BCUT2D eigenvalue weighted by molar-refractivity contribution is 7.18. The molecule has 8 heteroatoms. The van der Waals surface area contributed by atoms with Gasteiger partial charge in [0.15, 0.2) is 0 Å². The molecule has 0 spiro atoms. The van der Waals surface area contributed by atoms with E-state index in [1.54, 1.807) is 11.3 Å². The number of hydrogen-bond acceptors (Lipinski definition) is 5. The lowest BCUT2D eigenvalue weighted by atomic mass is 9.93. The fourth-order valence-electron chi connectivity index (χ4n) is 3.77. The second-order valence-electron chi connectivity index (χ2n) is 7.61. The van der Waals surface area contributed by atoms with Gasteiger partial charge in [-0.15, -0.1) is 11.3 Å². The number of thiazole rings is 1. The van der Waals surface area contributed by atoms with Crippen molar-refractivity contribution in [3.63, 3.8) is 0 Å². The van der Waals surface area contributed by atoms with Crippen LogP contribution in [0.5, 0.6) is 0 Å². The van der Waals surface area contributed by atoms with E-state index in [9.17, 15) is 14.4 Å². The van der Waals surface area contributed by atoms with Crippen LogP contribution in [0.2, 0.25) is 0 Å². The van der Waals surface area contributed by atoms with Crippen molar-refractivity contribution in [3.05, 3.63) is 59.1 Å². The van der Waals surface area contributed by atoms with E-state index in [4.69, 9.17) is 0 Å². The topological polar surface area (TPSA) is 91.4 Å². The van der Waals surface area contributed by atoms with Crippen LogP contribution in [0.1, 0.15) is 37.3 Å². The van der Waals surface area contributed by atoms with Gasteiger partial charge in [0.2, 0.25) is 5.91 Å². The maximum Gasteiger partial charge on any atom is 0.325 e. The summed E-state index contributed by atoms with van der Waals surface area (Å²) in [6.07, 6.45) is 1.69. The van der Waals surface area contributed by atoms with Crippen molar-refractivity contribution in [1.29, 1.82) is 0 Å². The van der Waals surface area contributed by atoms with Gasteiger partial charge in [-0.3, -0.25) is 14.5 Å². The van der Waals surface area contributed by atoms with Crippen molar-refractivity contribution < 1.29 is 14.4 Å². The maximum absolute atomic E-state index is 12.6. The Bertz CT molecular complexity index is 1100. The molecule has 0 saturated carbocycles. The van der Waals surface area contributed by atoms with Crippen molar-refractivity contribution in [2.24, 2.45) is 0 Å². The number of nitrogens with zero attached hydrogens (tertiary/aromatic N) is 2. The number of carbonyl (C=O) groups is 3. The number of nitrogens with one attached hydrogen (secondary N) is 2. The number of hydrogen-bond donors (Lipinski definition) is 2. The highest BCUT2D eigenvalue weighted by Gasteiger charge is 2.49. The van der Waals surface area contributed by atoms with Crippen molar-refractivity contribution in [3.8, 4) is 0 Å². The van der Waals surface area contributed by atoms with E-state index in [0.29, 0.717) is 24.9 Å². The second-order valence-corrected chi connectivity index (χ2v) is 8.72. The molecule has 31 heavy (non-hydrogen) atoms. The van der Waals surface area contributed by atoms with Gasteiger partial charge < -0.3 is 10.6 Å². The van der Waals surface area contributed by atoms with Crippen molar-refractivity contribution in [2.45, 2.75) is 38.6 Å². The molecule has 0 bridgehead atoms. The molecule has 0 atom stereocenters. The molecular weight excluding hydrogens is 412 g/mol. The summed E-state index contributed by atoms with van der Waals surface area (Å²) in [5, 5.41) is 6.52. The lowest BCUT2D eigenvalue weighted by Crippen LogP contribution is -2.46. The number of aromatic nitrogens is 1. The minimum absolute atomic E-state index is 0.306. The van der Waals surface area contributed by atoms with Gasteiger partial charge in [0.05, 0.1) is 15.2 Å². The molecule has 1 fully saturated rings. The Labute approximate surface area is 184 Å². The number of urea groups is 1. The summed E-state index contributed by atoms with van der Waals surface area (Å²) in [5.41, 5.74) is 1.80. The Kier molecular flexibility index (Phi) is 5.73. The summed E-state index contributed by atoms with van der Waals surface area (Å²) in [6, 6.07) is 15.0. The van der Waals surface area contributed by atoms with Crippen LogP contribution in [-0.2, 0) is 16.0 Å². The number of rotatable bonds is 7. The van der Waals surface area contributed by atoms with Crippen LogP contribution in [-0.4, -0.2) is 39.8 Å². The third-order valence-corrected chi connectivity index (χ3v) is 6.72. The number of carbonyl (C=O) groups excluding carboxylic acids is 3. The average molecular weight is 437 g/mol. The highest BCUT2D eigenvalue weighted by Crippen LogP contribution is 2.25. The maximum atomic E-state index is 12.6. The van der Waals surface area contributed by atoms with Gasteiger partial charge in [0.1, 0.15) is 12.1 Å². The highest BCUT2D eigenvalue weighted by atomic mass is 32.1. The first-order chi connectivity index (χ1) is 14.9. The summed E-state index contributed by atoms with van der Waals surface area (Å²) in [6.45, 7) is 3.39. The van der Waals surface area contributed by atoms with Crippen molar-refractivity contribution in [2.75, 3.05) is 11.9 Å². The molecular formula is C23H24N4O3S. The predicted octanol–water partition coefficient (Wildman–Crippen LogP) is 3.94. The van der Waals surface area contributed by atoms with Crippen LogP contribution in [0.3, 0.4) is 0 Å². The molecule has 2 N–H and O–H groups in total. The standard InChI is InChI=1S/C23H24N4O3S/c1-3-23(4-2)21(29)27(22(30)26-23)14-19(28)24-16-11-9-15(10-12-16)13-20-25-17-7-5-6-8-18(17)31-20/h5-12H,3-4,13-14H2,1-2H3,(H,24,28)(H,26,30). The van der Waals surface area contributed by atoms with Gasteiger partial charge in [-0.05, 0) is 42.7 Å². The molecule has 3 aromatic rings. The smallest absolute Gasteiger partial charge is 0.325 e. The summed E-state index contributed by atoms with van der Waals surface area (Å²) in [4.78, 5) is 42.9. The molecule has 2 aromatic carbocycles. The van der Waals surface area contributed by atoms with E-state index >= 15 is 0 Å². The summed E-state index contributed by atoms with van der Waals surface area (Å²) < 4.78 is 1.16. The zero-order valence-corrected chi connectivity index (χ0v) is 18.3. The molecule has 160 valence electrons. The lowest BCUT2D eigenvalue weighted by Gasteiger charge is -2.23. The van der Waals surface area contributed by atoms with Gasteiger partial charge in [-0.25, -0.2) is 9.78 Å². The minimum atomic E-state index is -0.903. The number of para-hydroxylation sites is 1. The first-order valence-electron chi connectivity index (χ1n) is 10.3. The van der Waals surface area contributed by atoms with Gasteiger partial charge in [0, 0.05) is 12.1 Å². The van der Waals surface area contributed by atoms with Gasteiger partial charge in [0.25, 0.3) is 5.91 Å². The third-order valence-electron chi connectivity index (χ3n) is 5.69. The first kappa shape index (κ1) is 21.0. The van der Waals surface area contributed by atoms with Gasteiger partial charge in [-0.2, -0.15) is 0 Å². The quantitative estimate of drug-likeness (QED) is 0.549. The summed E-state index contributed by atoms with van der Waals surface area (Å²) >= 11 is 1.67. The molecule has 0 aliphatic carbocycles. The van der Waals surface area contributed by atoms with E-state index in [0.717, 1.165) is 25.7 Å². The predicted molar refractivity (Wildman–Crippen MR) is 121 cm³/mol. The number of anilines is 1. The Morgan fingerprint density at radius 3 is 2.45 bits per heavy atom. The second kappa shape index (κ2) is 8.47. The molecule has 4 amide bonds. The van der Waals surface area contributed by atoms with Crippen LogP contribution in [0, 0.1) is 0 Å². The van der Waals surface area contributed by atoms with Crippen LogP contribution in [0.15, 0.2) is 48.5 Å². The van der Waals surface area contributed by atoms with Crippen molar-refractivity contribution in [1.82, 2.24) is 15.2 Å². The average Bonchev–Trinajstić information content (AvgIpc) is 3.28. The van der Waals surface area contributed by atoms with E-state index in [1.165, 1.54) is 0 Å². The van der Waals surface area contributed by atoms with Crippen LogP contribution in [0.4, 0.5) is 10.5 Å². The van der Waals surface area contributed by atoms with Crippen molar-refractivity contribution >= 4 is 45.1 Å². The normalized spacial score (nSPS) is 15.4. The monoisotopic (exact) mass is 436 g/mol.